The summed E-state index contributed by atoms with van der Waals surface area (Å²) in [6, 6.07) is 34.4. The zero-order chi connectivity index (χ0) is 47.6. The molecule has 1 aliphatic rings. The van der Waals surface area contributed by atoms with Crippen molar-refractivity contribution < 1.29 is 40.2 Å². The first-order valence-electron chi connectivity index (χ1n) is 23.6. The SMILES string of the molecule is Cc1cc(C)c(-n2c(-c3[c-]ccc4c3oc3nccc(-c5cc(F)cc(F)c5)c34)nc3ccccc32)c(C)c1.[2H]C([2H])([2H])c1cc[c-]c(-c2cc(C([2H])([2H])C3CCCC3)[c]([Ge]([CH3])([CH3])[CH3])cn2)c1.[Ir]. The van der Waals surface area contributed by atoms with Crippen LogP contribution in [0, 0.1) is 57.3 Å². The molecule has 0 amide bonds. The van der Waals surface area contributed by atoms with Crippen LogP contribution < -0.4 is 4.40 Å². The molecule has 1 fully saturated rings. The van der Waals surface area contributed by atoms with E-state index >= 15 is 0 Å². The third kappa shape index (κ3) is 8.96. The van der Waals surface area contributed by atoms with Crippen molar-refractivity contribution in [2.75, 3.05) is 0 Å². The van der Waals surface area contributed by atoms with Crippen LogP contribution >= 0.6 is 0 Å². The average Bonchev–Trinajstić information content (AvgIpc) is 4.04. The van der Waals surface area contributed by atoms with Gasteiger partial charge >= 0.3 is 151 Å². The van der Waals surface area contributed by atoms with Crippen molar-refractivity contribution in [2.45, 2.75) is 76.9 Å². The van der Waals surface area contributed by atoms with Crippen LogP contribution in [0.1, 0.15) is 60.4 Å². The topological polar surface area (TPSA) is 56.7 Å². The summed E-state index contributed by atoms with van der Waals surface area (Å²) < 4.78 is 78.7. The van der Waals surface area contributed by atoms with Crippen molar-refractivity contribution >= 4 is 50.8 Å². The van der Waals surface area contributed by atoms with Crippen molar-refractivity contribution in [2.24, 2.45) is 5.92 Å². The van der Waals surface area contributed by atoms with Crippen molar-refractivity contribution in [3.8, 4) is 39.5 Å². The molecule has 4 heterocycles. The predicted molar refractivity (Wildman–Crippen MR) is 252 cm³/mol. The van der Waals surface area contributed by atoms with Crippen molar-refractivity contribution in [3.63, 3.8) is 0 Å². The van der Waals surface area contributed by atoms with Gasteiger partial charge in [0.05, 0.1) is 22.4 Å². The molecule has 63 heavy (non-hydrogen) atoms. The predicted octanol–water partition coefficient (Wildman–Crippen LogP) is 13.8. The molecule has 1 saturated carbocycles. The zero-order valence-electron chi connectivity index (χ0n) is 41.1. The molecule has 9 heteroatoms. The van der Waals surface area contributed by atoms with Crippen LogP contribution in [0.25, 0.3) is 72.6 Å². The number of nitrogens with zero attached hydrogens (tertiary/aromatic N) is 4. The number of hydrogen-bond donors (Lipinski definition) is 0. The molecule has 4 aromatic heterocycles. The van der Waals surface area contributed by atoms with E-state index in [0.717, 1.165) is 74.9 Å². The standard InChI is InChI=1S/C33H22F2N3O.C21H28GeN.Ir/c1-18-13-19(2)30(20(3)14-18)38-28-10-5-4-9-27(28)37-32(38)26-8-6-7-25-29-24(11-12-36-33(29)39-31(25)26)21-15-22(34)17-23(35)16-21;1-16-8-7-11-18(12-16)21-14-19(13-17-9-5-6-10-17)20(15-23-21)22(2,3)4;/h4-7,9-17H,1-3H3;7-8,12,14-15,17H,5-6,9-10,13H2,1-4H3;/q2*-1;/i;1D3,13D2;. The van der Waals surface area contributed by atoms with Crippen LogP contribution in [0.3, 0.4) is 0 Å². The molecule has 0 aliphatic heterocycles. The Morgan fingerprint density at radius 2 is 1.59 bits per heavy atom. The quantitative estimate of drug-likeness (QED) is 0.118. The third-order valence-corrected chi connectivity index (χ3v) is 15.9. The Kier molecular flexibility index (Phi) is 11.0. The second-order valence-electron chi connectivity index (χ2n) is 17.4. The van der Waals surface area contributed by atoms with Gasteiger partial charge in [-0.1, -0.05) is 40.8 Å². The maximum atomic E-state index is 14.1. The Labute approximate surface area is 391 Å². The van der Waals surface area contributed by atoms with Gasteiger partial charge in [-0.2, -0.15) is 0 Å². The van der Waals surface area contributed by atoms with Crippen molar-refractivity contribution in [1.29, 1.82) is 0 Å². The first kappa shape index (κ1) is 38.2. The van der Waals surface area contributed by atoms with E-state index in [1.165, 1.54) is 17.7 Å². The maximum absolute atomic E-state index is 14.1. The Morgan fingerprint density at radius 1 is 0.857 bits per heavy atom. The fourth-order valence-electron chi connectivity index (χ4n) is 8.95. The van der Waals surface area contributed by atoms with Crippen LogP contribution in [-0.4, -0.2) is 32.8 Å². The summed E-state index contributed by atoms with van der Waals surface area (Å²) in [6.45, 7) is 4.11. The summed E-state index contributed by atoms with van der Waals surface area (Å²) in [4.78, 5) is 14.1. The fraction of sp³-hybridized carbons (Fsp3) is 0.241. The van der Waals surface area contributed by atoms with E-state index in [4.69, 9.17) is 16.3 Å². The first-order chi connectivity index (χ1) is 31.8. The van der Waals surface area contributed by atoms with E-state index in [-0.39, 0.29) is 31.6 Å². The molecule has 0 unspecified atom stereocenters. The van der Waals surface area contributed by atoms with Gasteiger partial charge in [-0.25, -0.2) is 13.8 Å². The number of para-hydroxylation sites is 2. The van der Waals surface area contributed by atoms with E-state index in [1.54, 1.807) is 30.5 Å². The molecular formula is C54H50F2GeIrN4O-2. The smallest absolute Gasteiger partial charge is 0 e. The molecule has 1 radical (unpaired) electrons. The van der Waals surface area contributed by atoms with E-state index in [2.05, 4.69) is 82.9 Å². The summed E-state index contributed by atoms with van der Waals surface area (Å²) in [5.41, 5.74) is 11.2. The molecule has 9 aromatic rings. The van der Waals surface area contributed by atoms with Crippen LogP contribution in [0.4, 0.5) is 8.78 Å². The average molecular weight is 1080 g/mol. The number of rotatable bonds is 7. The first-order valence-corrected chi connectivity index (χ1v) is 28.4. The van der Waals surface area contributed by atoms with E-state index in [9.17, 15) is 8.78 Å². The van der Waals surface area contributed by atoms with Gasteiger partial charge in [-0.15, -0.1) is 18.2 Å². The molecule has 1 aliphatic carbocycles. The third-order valence-electron chi connectivity index (χ3n) is 11.7. The molecule has 0 N–H and O–H groups in total. The normalized spacial score (nSPS) is 14.7. The Balaban J connectivity index is 0.000000192. The number of aromatic nitrogens is 4. The molecule has 5 nitrogen and oxygen atoms in total. The summed E-state index contributed by atoms with van der Waals surface area (Å²) >= 11 is -2.35. The zero-order valence-corrected chi connectivity index (χ0v) is 40.6. The van der Waals surface area contributed by atoms with E-state index < -0.39 is 38.1 Å². The second kappa shape index (κ2) is 18.1. The van der Waals surface area contributed by atoms with Gasteiger partial charge in [-0.3, -0.25) is 4.98 Å². The summed E-state index contributed by atoms with van der Waals surface area (Å²) in [7, 11) is 0. The molecule has 0 spiro atoms. The maximum Gasteiger partial charge on any atom is 0 e. The number of aryl methyl sites for hydroxylation is 4. The number of imidazole rings is 1. The Bertz CT molecular complexity index is 3310. The van der Waals surface area contributed by atoms with Gasteiger partial charge in [0.25, 0.3) is 0 Å². The Hall–Kier alpha value is -5.28. The minimum atomic E-state index is -2.35. The van der Waals surface area contributed by atoms with Crippen LogP contribution in [-0.2, 0) is 26.5 Å². The number of hydrogen-bond acceptors (Lipinski definition) is 4. The fourth-order valence-corrected chi connectivity index (χ4v) is 11.9. The van der Waals surface area contributed by atoms with E-state index in [1.807, 2.05) is 42.6 Å². The number of pyridine rings is 2. The largest absolute Gasteiger partial charge is 0 e. The monoisotopic (exact) mass is 1080 g/mol. The molecule has 10 rings (SSSR count). The Morgan fingerprint density at radius 3 is 2.32 bits per heavy atom. The second-order valence-corrected chi connectivity index (χ2v) is 28.0. The number of halogens is 2. The van der Waals surface area contributed by atoms with Gasteiger partial charge in [0.15, 0.2) is 0 Å². The van der Waals surface area contributed by atoms with Gasteiger partial charge in [0.1, 0.15) is 11.6 Å². The minimum absolute atomic E-state index is 0. The summed E-state index contributed by atoms with van der Waals surface area (Å²) in [5, 5.41) is 1.44. The molecular weight excluding hydrogens is 1020 g/mol. The van der Waals surface area contributed by atoms with Crippen LogP contribution in [0.15, 0.2) is 114 Å². The van der Waals surface area contributed by atoms with Gasteiger partial charge in [0, 0.05) is 43.4 Å². The number of benzene rings is 5. The molecule has 0 atom stereocenters. The summed E-state index contributed by atoms with van der Waals surface area (Å²) in [6.07, 6.45) is 6.03. The summed E-state index contributed by atoms with van der Waals surface area (Å²) in [5.74, 6) is 6.20. The van der Waals surface area contributed by atoms with E-state index in [0.29, 0.717) is 50.5 Å². The van der Waals surface area contributed by atoms with Crippen molar-refractivity contribution in [1.82, 2.24) is 19.5 Å². The minimum Gasteiger partial charge on any atom is 0 e. The molecule has 0 bridgehead atoms. The van der Waals surface area contributed by atoms with Crippen molar-refractivity contribution in [3.05, 3.63) is 161 Å². The van der Waals surface area contributed by atoms with Gasteiger partial charge < -0.3 is 8.98 Å². The van der Waals surface area contributed by atoms with Gasteiger partial charge in [-0.05, 0) is 73.4 Å². The molecule has 5 aromatic carbocycles. The number of fused-ring (bicyclic) bond motifs is 4. The van der Waals surface area contributed by atoms with Crippen LogP contribution in [0.2, 0.25) is 17.3 Å². The number of furan rings is 1. The molecule has 321 valence electrons. The van der Waals surface area contributed by atoms with Crippen LogP contribution in [0.5, 0.6) is 0 Å². The molecule has 0 saturated heterocycles. The van der Waals surface area contributed by atoms with Gasteiger partial charge in [0.2, 0.25) is 5.71 Å².